The molecule has 18 heavy (non-hydrogen) atoms. The Hall–Kier alpha value is -1.51. The second kappa shape index (κ2) is 3.74. The number of hydrogen-bond acceptors (Lipinski definition) is 2. The van der Waals surface area contributed by atoms with Crippen LogP contribution in [-0.2, 0) is 10.8 Å². The highest BCUT2D eigenvalue weighted by Crippen LogP contribution is 2.37. The van der Waals surface area contributed by atoms with E-state index in [1.165, 1.54) is 11.1 Å². The quantitative estimate of drug-likeness (QED) is 0.743. The van der Waals surface area contributed by atoms with Gasteiger partial charge in [0.2, 0.25) is 0 Å². The molecule has 3 heteroatoms. The summed E-state index contributed by atoms with van der Waals surface area (Å²) in [5.41, 5.74) is 9.83. The maximum absolute atomic E-state index is 5.91. The van der Waals surface area contributed by atoms with Crippen LogP contribution < -0.4 is 5.73 Å². The normalized spacial score (nSPS) is 13.2. The van der Waals surface area contributed by atoms with E-state index in [0.29, 0.717) is 5.82 Å². The number of nitrogens with zero attached hydrogens (tertiary/aromatic N) is 1. The Bertz CT molecular complexity index is 580. The van der Waals surface area contributed by atoms with Crippen LogP contribution in [0.4, 0.5) is 5.82 Å². The largest absolute Gasteiger partial charge is 0.382 e. The van der Waals surface area contributed by atoms with Gasteiger partial charge in [-0.15, -0.1) is 0 Å². The summed E-state index contributed by atoms with van der Waals surface area (Å²) in [6.07, 6.45) is 0. The Morgan fingerprint density at radius 3 is 1.94 bits per heavy atom. The minimum Gasteiger partial charge on any atom is -0.382 e. The Balaban J connectivity index is 2.82. The van der Waals surface area contributed by atoms with Crippen LogP contribution in [0.3, 0.4) is 0 Å². The van der Waals surface area contributed by atoms with E-state index in [-0.39, 0.29) is 10.8 Å². The predicted molar refractivity (Wildman–Crippen MR) is 77.9 cm³/mol. The van der Waals surface area contributed by atoms with Crippen LogP contribution in [0, 0.1) is 0 Å². The van der Waals surface area contributed by atoms with Gasteiger partial charge < -0.3 is 5.73 Å². The first-order valence-electron chi connectivity index (χ1n) is 6.39. The molecule has 0 saturated heterocycles. The highest BCUT2D eigenvalue weighted by molar-refractivity contribution is 5.90. The van der Waals surface area contributed by atoms with E-state index in [2.05, 4.69) is 63.9 Å². The lowest BCUT2D eigenvalue weighted by Gasteiger charge is -2.30. The van der Waals surface area contributed by atoms with Gasteiger partial charge in [-0.2, -0.15) is 5.10 Å². The Morgan fingerprint density at radius 2 is 1.44 bits per heavy atom. The molecule has 3 nitrogen and oxygen atoms in total. The standard InChI is InChI=1S/C15H23N3/c1-14(2,3)10-7-9-12(17-18-13(9)16)8-11(10)15(4,5)6/h7-8H,1-6H3,(H3,16,17,18). The minimum absolute atomic E-state index is 0.0977. The lowest BCUT2D eigenvalue weighted by Crippen LogP contribution is -2.21. The third kappa shape index (κ3) is 2.09. The number of aromatic nitrogens is 2. The highest BCUT2D eigenvalue weighted by Gasteiger charge is 2.26. The summed E-state index contributed by atoms with van der Waals surface area (Å²) in [7, 11) is 0. The van der Waals surface area contributed by atoms with Gasteiger partial charge in [0.25, 0.3) is 0 Å². The molecule has 1 heterocycles. The summed E-state index contributed by atoms with van der Waals surface area (Å²) in [5.74, 6) is 0.580. The van der Waals surface area contributed by atoms with E-state index >= 15 is 0 Å². The monoisotopic (exact) mass is 245 g/mol. The average molecular weight is 245 g/mol. The number of hydrogen-bond donors (Lipinski definition) is 2. The third-order valence-electron chi connectivity index (χ3n) is 3.35. The zero-order valence-electron chi connectivity index (χ0n) is 12.2. The molecule has 2 rings (SSSR count). The number of H-pyrrole nitrogens is 1. The molecule has 0 aliphatic heterocycles. The zero-order chi connectivity index (χ0) is 13.7. The number of nitrogens with two attached hydrogens (primary N) is 1. The first-order chi connectivity index (χ1) is 8.10. The lowest BCUT2D eigenvalue weighted by atomic mass is 9.75. The number of nitrogen functional groups attached to an aromatic ring is 1. The number of fused-ring (bicyclic) bond motifs is 1. The van der Waals surface area contributed by atoms with Crippen LogP contribution in [0.25, 0.3) is 10.9 Å². The molecular formula is C15H23N3. The summed E-state index contributed by atoms with van der Waals surface area (Å²) in [5, 5.41) is 8.12. The molecular weight excluding hydrogens is 222 g/mol. The first kappa shape index (κ1) is 12.9. The van der Waals surface area contributed by atoms with Gasteiger partial charge in [0, 0.05) is 5.39 Å². The molecule has 0 aliphatic carbocycles. The van der Waals surface area contributed by atoms with Gasteiger partial charge in [-0.3, -0.25) is 5.10 Å². The summed E-state index contributed by atoms with van der Waals surface area (Å²) < 4.78 is 0. The SMILES string of the molecule is CC(C)(C)c1cc2[nH]nc(N)c2cc1C(C)(C)C. The average Bonchev–Trinajstić information content (AvgIpc) is 2.56. The molecule has 0 fully saturated rings. The van der Waals surface area contributed by atoms with Gasteiger partial charge >= 0.3 is 0 Å². The summed E-state index contributed by atoms with van der Waals surface area (Å²) in [6.45, 7) is 13.4. The molecule has 0 bridgehead atoms. The Labute approximate surface area is 109 Å². The first-order valence-corrected chi connectivity index (χ1v) is 6.39. The van der Waals surface area contributed by atoms with E-state index in [1.807, 2.05) is 0 Å². The topological polar surface area (TPSA) is 54.7 Å². The molecule has 1 aromatic carbocycles. The molecule has 3 N–H and O–H groups in total. The van der Waals surface area contributed by atoms with Crippen LogP contribution in [0.2, 0.25) is 0 Å². The van der Waals surface area contributed by atoms with E-state index in [1.54, 1.807) is 0 Å². The van der Waals surface area contributed by atoms with Gasteiger partial charge in [0.05, 0.1) is 5.52 Å². The van der Waals surface area contributed by atoms with Crippen LogP contribution in [0.15, 0.2) is 12.1 Å². The van der Waals surface area contributed by atoms with Crippen LogP contribution in [-0.4, -0.2) is 10.2 Å². The molecule has 2 aromatic rings. The van der Waals surface area contributed by atoms with E-state index in [9.17, 15) is 0 Å². The van der Waals surface area contributed by atoms with Crippen molar-refractivity contribution < 1.29 is 0 Å². The summed E-state index contributed by atoms with van der Waals surface area (Å²) in [6, 6.07) is 4.38. The smallest absolute Gasteiger partial charge is 0.153 e. The molecule has 0 radical (unpaired) electrons. The number of anilines is 1. The van der Waals surface area contributed by atoms with Gasteiger partial charge in [-0.25, -0.2) is 0 Å². The summed E-state index contributed by atoms with van der Waals surface area (Å²) >= 11 is 0. The van der Waals surface area contributed by atoms with Gasteiger partial charge in [-0.05, 0) is 34.1 Å². The molecule has 0 atom stereocenters. The van der Waals surface area contributed by atoms with Gasteiger partial charge in [0.1, 0.15) is 0 Å². The summed E-state index contributed by atoms with van der Waals surface area (Å²) in [4.78, 5) is 0. The van der Waals surface area contributed by atoms with E-state index in [4.69, 9.17) is 5.73 Å². The molecule has 1 aromatic heterocycles. The van der Waals surface area contributed by atoms with Crippen molar-refractivity contribution in [3.8, 4) is 0 Å². The molecule has 0 saturated carbocycles. The van der Waals surface area contributed by atoms with Gasteiger partial charge in [-0.1, -0.05) is 41.5 Å². The second-order valence-electron chi connectivity index (χ2n) is 7.05. The molecule has 0 aliphatic rings. The van der Waals surface area contributed by atoms with Crippen LogP contribution in [0.5, 0.6) is 0 Å². The number of benzene rings is 1. The lowest BCUT2D eigenvalue weighted by molar-refractivity contribution is 0.531. The van der Waals surface area contributed by atoms with Crippen molar-refractivity contribution in [2.45, 2.75) is 52.4 Å². The molecule has 0 unspecified atom stereocenters. The fourth-order valence-electron chi connectivity index (χ4n) is 2.33. The van der Waals surface area contributed by atoms with Gasteiger partial charge in [0.15, 0.2) is 5.82 Å². The van der Waals surface area contributed by atoms with Crippen molar-refractivity contribution in [2.75, 3.05) is 5.73 Å². The van der Waals surface area contributed by atoms with Crippen LogP contribution >= 0.6 is 0 Å². The van der Waals surface area contributed by atoms with Crippen molar-refractivity contribution in [1.82, 2.24) is 10.2 Å². The number of nitrogens with one attached hydrogen (secondary N) is 1. The molecule has 0 amide bonds. The van der Waals surface area contributed by atoms with Crippen LogP contribution in [0.1, 0.15) is 52.7 Å². The predicted octanol–water partition coefficient (Wildman–Crippen LogP) is 3.74. The Morgan fingerprint density at radius 1 is 0.944 bits per heavy atom. The molecule has 0 spiro atoms. The minimum atomic E-state index is 0.0977. The third-order valence-corrected chi connectivity index (χ3v) is 3.35. The second-order valence-corrected chi connectivity index (χ2v) is 7.05. The maximum atomic E-state index is 5.91. The maximum Gasteiger partial charge on any atom is 0.153 e. The van der Waals surface area contributed by atoms with Crippen molar-refractivity contribution >= 4 is 16.7 Å². The molecule has 98 valence electrons. The van der Waals surface area contributed by atoms with Crippen molar-refractivity contribution in [3.63, 3.8) is 0 Å². The highest BCUT2D eigenvalue weighted by atomic mass is 15.1. The number of rotatable bonds is 0. The fourth-order valence-corrected chi connectivity index (χ4v) is 2.33. The Kier molecular flexibility index (Phi) is 2.69. The van der Waals surface area contributed by atoms with Crippen molar-refractivity contribution in [3.05, 3.63) is 23.3 Å². The number of aromatic amines is 1. The van der Waals surface area contributed by atoms with Crippen molar-refractivity contribution in [1.29, 1.82) is 0 Å². The zero-order valence-corrected chi connectivity index (χ0v) is 12.2. The van der Waals surface area contributed by atoms with E-state index < -0.39 is 0 Å². The van der Waals surface area contributed by atoms with Crippen molar-refractivity contribution in [2.24, 2.45) is 0 Å². The van der Waals surface area contributed by atoms with E-state index in [0.717, 1.165) is 10.9 Å². The fraction of sp³-hybridized carbons (Fsp3) is 0.533.